The van der Waals surface area contributed by atoms with Crippen molar-refractivity contribution in [3.63, 3.8) is 0 Å². The first kappa shape index (κ1) is 22.3. The molecule has 0 aliphatic rings. The van der Waals surface area contributed by atoms with Gasteiger partial charge in [-0.05, 0) is 62.3 Å². The molecule has 0 heterocycles. The Morgan fingerprint density at radius 1 is 0.706 bits per heavy atom. The molecular formula is C13H37N3Si. The van der Waals surface area contributed by atoms with Crippen molar-refractivity contribution >= 4 is 9.68 Å². The average molecular weight is 264 g/mol. The van der Waals surface area contributed by atoms with Gasteiger partial charge in [0.2, 0.25) is 0 Å². The second-order valence-corrected chi connectivity index (χ2v) is 8.57. The molecule has 0 aromatic carbocycles. The molecule has 0 saturated carbocycles. The number of rotatable bonds is 1. The molecule has 0 bridgehead atoms. The van der Waals surface area contributed by atoms with Gasteiger partial charge in [-0.3, -0.25) is 0 Å². The summed E-state index contributed by atoms with van der Waals surface area (Å²) in [5.41, 5.74) is 11.1. The summed E-state index contributed by atoms with van der Waals surface area (Å²) >= 11 is 0. The lowest BCUT2D eigenvalue weighted by Crippen LogP contribution is -2.37. The highest BCUT2D eigenvalue weighted by Gasteiger charge is 2.04. The first-order valence-corrected chi connectivity index (χ1v) is 8.51. The van der Waals surface area contributed by atoms with E-state index in [0.717, 1.165) is 0 Å². The van der Waals surface area contributed by atoms with Gasteiger partial charge in [-0.15, -0.1) is 0 Å². The molecule has 0 saturated heterocycles. The third-order valence-corrected chi connectivity index (χ3v) is 2.12. The van der Waals surface area contributed by atoms with Crippen LogP contribution in [0.25, 0.3) is 0 Å². The van der Waals surface area contributed by atoms with Crippen LogP contribution in [0.1, 0.15) is 62.3 Å². The van der Waals surface area contributed by atoms with Crippen molar-refractivity contribution in [2.75, 3.05) is 0 Å². The summed E-state index contributed by atoms with van der Waals surface area (Å²) in [7, 11) is 0.0598. The second-order valence-electron chi connectivity index (χ2n) is 7.51. The van der Waals surface area contributed by atoms with Gasteiger partial charge in [0, 0.05) is 16.6 Å². The molecule has 0 aromatic rings. The van der Waals surface area contributed by atoms with Crippen molar-refractivity contribution in [2.24, 2.45) is 11.5 Å². The number of hydrogen-bond acceptors (Lipinski definition) is 3. The minimum atomic E-state index is 0. The summed E-state index contributed by atoms with van der Waals surface area (Å²) in [6.07, 6.45) is 0. The molecule has 0 radical (unpaired) electrons. The Hall–Kier alpha value is 0.0969. The molecule has 0 fully saturated rings. The van der Waals surface area contributed by atoms with Gasteiger partial charge in [-0.1, -0.05) is 6.55 Å². The number of nitrogens with two attached hydrogens (primary N) is 2. The van der Waals surface area contributed by atoms with Gasteiger partial charge in [0.05, 0.1) is 9.68 Å². The summed E-state index contributed by atoms with van der Waals surface area (Å²) in [6.45, 7) is 20.6. The zero-order chi connectivity index (χ0) is 14.9. The van der Waals surface area contributed by atoms with Gasteiger partial charge >= 0.3 is 0 Å². The highest BCUT2D eigenvalue weighted by atomic mass is 28.2. The van der Waals surface area contributed by atoms with Crippen LogP contribution in [0.15, 0.2) is 0 Å². The van der Waals surface area contributed by atoms with E-state index in [1.807, 2.05) is 41.5 Å². The predicted molar refractivity (Wildman–Crippen MR) is 85.2 cm³/mol. The Balaban J connectivity index is -0.000000177. The fraction of sp³-hybridized carbons (Fsp3) is 1.00. The quantitative estimate of drug-likeness (QED) is 0.634. The largest absolute Gasteiger partial charge is 0.338 e. The minimum absolute atomic E-state index is 0. The first-order chi connectivity index (χ1) is 7.06. The topological polar surface area (TPSA) is 64.1 Å². The molecule has 0 spiro atoms. The summed E-state index contributed by atoms with van der Waals surface area (Å²) in [5.74, 6) is 0. The Kier molecular flexibility index (Phi) is 11.9. The third kappa shape index (κ3) is 191. The second kappa shape index (κ2) is 9.08. The molecule has 0 aliphatic heterocycles. The van der Waals surface area contributed by atoms with Gasteiger partial charge in [0.25, 0.3) is 0 Å². The monoisotopic (exact) mass is 263 g/mol. The minimum Gasteiger partial charge on any atom is -0.338 e. The Morgan fingerprint density at radius 2 is 0.882 bits per heavy atom. The van der Waals surface area contributed by atoms with E-state index in [1.54, 1.807) is 0 Å². The normalized spacial score (nSPS) is 12.7. The molecule has 3 nitrogen and oxygen atoms in total. The van der Waals surface area contributed by atoms with Gasteiger partial charge in [-0.2, -0.15) is 0 Å². The Bertz CT molecular complexity index is 137. The SMILES string of the molecule is CC(C)(C)N.CC(C)(C)N.C[SiH2]NC(C)(C)C. The predicted octanol–water partition coefficient (Wildman–Crippen LogP) is 1.99. The van der Waals surface area contributed by atoms with E-state index in [0.29, 0.717) is 5.54 Å². The summed E-state index contributed by atoms with van der Waals surface area (Å²) in [4.78, 5) is 3.42. The van der Waals surface area contributed by atoms with E-state index < -0.39 is 0 Å². The van der Waals surface area contributed by atoms with Crippen LogP contribution < -0.4 is 16.4 Å². The third-order valence-electron chi connectivity index (χ3n) is 0.707. The highest BCUT2D eigenvalue weighted by molar-refractivity contribution is 6.30. The molecule has 5 N–H and O–H groups in total. The van der Waals surface area contributed by atoms with Crippen LogP contribution in [0.2, 0.25) is 6.55 Å². The molecular weight excluding hydrogens is 226 g/mol. The highest BCUT2D eigenvalue weighted by Crippen LogP contribution is 1.95. The maximum Gasteiger partial charge on any atom is 0.0891 e. The lowest BCUT2D eigenvalue weighted by atomic mass is 10.1. The van der Waals surface area contributed by atoms with Crippen molar-refractivity contribution in [3.05, 3.63) is 0 Å². The maximum absolute atomic E-state index is 5.35. The standard InChI is InChI=1S/C5H15NSi.2C4H11N/c1-5(2,3)6-7-4;2*1-4(2,3)5/h6H,7H2,1-4H3;2*5H2,1-3H3. The fourth-order valence-electron chi connectivity index (χ4n) is 0.530. The van der Waals surface area contributed by atoms with E-state index in [1.165, 1.54) is 0 Å². The van der Waals surface area contributed by atoms with Gasteiger partial charge in [-0.25, -0.2) is 0 Å². The van der Waals surface area contributed by atoms with Crippen LogP contribution in [-0.2, 0) is 0 Å². The van der Waals surface area contributed by atoms with Gasteiger partial charge in [0.15, 0.2) is 0 Å². The van der Waals surface area contributed by atoms with E-state index in [9.17, 15) is 0 Å². The molecule has 17 heavy (non-hydrogen) atoms. The molecule has 0 amide bonds. The Morgan fingerprint density at radius 3 is 0.882 bits per heavy atom. The van der Waals surface area contributed by atoms with Crippen molar-refractivity contribution in [3.8, 4) is 0 Å². The number of hydrogen-bond donors (Lipinski definition) is 3. The van der Waals surface area contributed by atoms with Crippen LogP contribution in [0, 0.1) is 0 Å². The smallest absolute Gasteiger partial charge is 0.0891 e. The van der Waals surface area contributed by atoms with Crippen LogP contribution in [0.3, 0.4) is 0 Å². The molecule has 0 aromatic heterocycles. The lowest BCUT2D eigenvalue weighted by Gasteiger charge is -2.18. The summed E-state index contributed by atoms with van der Waals surface area (Å²) in [6, 6.07) is 0. The fourth-order valence-corrected chi connectivity index (χ4v) is 1.59. The molecule has 0 rings (SSSR count). The van der Waals surface area contributed by atoms with Crippen LogP contribution in [0.4, 0.5) is 0 Å². The molecule has 0 unspecified atom stereocenters. The average Bonchev–Trinajstić information content (AvgIpc) is 1.73. The Labute approximate surface area is 112 Å². The molecule has 108 valence electrons. The zero-order valence-electron chi connectivity index (χ0n) is 13.9. The van der Waals surface area contributed by atoms with Gasteiger partial charge < -0.3 is 16.4 Å². The van der Waals surface area contributed by atoms with E-state index in [-0.39, 0.29) is 20.8 Å². The van der Waals surface area contributed by atoms with Crippen molar-refractivity contribution < 1.29 is 0 Å². The lowest BCUT2D eigenvalue weighted by molar-refractivity contribution is 0.524. The molecule has 0 atom stereocenters. The van der Waals surface area contributed by atoms with Crippen molar-refractivity contribution in [2.45, 2.75) is 85.5 Å². The van der Waals surface area contributed by atoms with Crippen LogP contribution in [0.5, 0.6) is 0 Å². The first-order valence-electron chi connectivity index (χ1n) is 6.39. The van der Waals surface area contributed by atoms with Crippen LogP contribution in [-0.4, -0.2) is 26.3 Å². The van der Waals surface area contributed by atoms with Crippen LogP contribution >= 0.6 is 0 Å². The number of nitrogens with one attached hydrogen (secondary N) is 1. The maximum atomic E-state index is 5.35. The molecule has 0 aliphatic carbocycles. The molecule has 4 heteroatoms. The zero-order valence-corrected chi connectivity index (χ0v) is 15.3. The van der Waals surface area contributed by atoms with Crippen molar-refractivity contribution in [1.29, 1.82) is 0 Å². The van der Waals surface area contributed by atoms with Gasteiger partial charge in [0.1, 0.15) is 0 Å². The van der Waals surface area contributed by atoms with Crippen molar-refractivity contribution in [1.82, 2.24) is 4.98 Å². The van der Waals surface area contributed by atoms with E-state index >= 15 is 0 Å². The summed E-state index contributed by atoms with van der Waals surface area (Å²) < 4.78 is 0. The summed E-state index contributed by atoms with van der Waals surface area (Å²) in [5, 5.41) is 0. The van der Waals surface area contributed by atoms with E-state index in [4.69, 9.17) is 11.5 Å². The van der Waals surface area contributed by atoms with E-state index in [2.05, 4.69) is 32.3 Å².